The highest BCUT2D eigenvalue weighted by atomic mass is 35.5. The molecule has 0 radical (unpaired) electrons. The van der Waals surface area contributed by atoms with E-state index in [1.54, 1.807) is 36.4 Å². The normalized spacial score (nSPS) is 15.3. The molecule has 3 aromatic carbocycles. The number of carbonyl (C=O) groups is 2. The summed E-state index contributed by atoms with van der Waals surface area (Å²) in [7, 11) is -4.07. The maximum atomic E-state index is 12.8. The van der Waals surface area contributed by atoms with Gasteiger partial charge in [-0.1, -0.05) is 47.5 Å². The number of hydrogen-bond donors (Lipinski definition) is 0. The Bertz CT molecular complexity index is 1370. The zero-order chi connectivity index (χ0) is 23.6. The molecule has 1 saturated heterocycles. The summed E-state index contributed by atoms with van der Waals surface area (Å²) in [4.78, 5) is 26.5. The minimum Gasteiger partial charge on any atom is -0.379 e. The number of benzene rings is 3. The summed E-state index contributed by atoms with van der Waals surface area (Å²) in [6.45, 7) is 0.102. The van der Waals surface area contributed by atoms with Gasteiger partial charge in [-0.25, -0.2) is 0 Å². The number of amides is 2. The van der Waals surface area contributed by atoms with Crippen LogP contribution < -0.4 is 4.18 Å². The van der Waals surface area contributed by atoms with Crippen molar-refractivity contribution >= 4 is 62.3 Å². The third kappa shape index (κ3) is 5.59. The van der Waals surface area contributed by atoms with Gasteiger partial charge < -0.3 is 4.18 Å². The van der Waals surface area contributed by atoms with Crippen LogP contribution in [0.4, 0.5) is 4.79 Å². The van der Waals surface area contributed by atoms with E-state index in [1.165, 1.54) is 42.5 Å². The molecule has 1 fully saturated rings. The molecule has 0 unspecified atom stereocenters. The first kappa shape index (κ1) is 23.4. The predicted octanol–water partition coefficient (Wildman–Crippen LogP) is 6.00. The Labute approximate surface area is 204 Å². The molecule has 0 N–H and O–H groups in total. The Kier molecular flexibility index (Phi) is 6.81. The van der Waals surface area contributed by atoms with Crippen LogP contribution in [0.2, 0.25) is 10.0 Å². The van der Waals surface area contributed by atoms with Crippen molar-refractivity contribution in [1.29, 1.82) is 0 Å². The quantitative estimate of drug-likeness (QED) is 0.293. The summed E-state index contributed by atoms with van der Waals surface area (Å²) in [6, 6.07) is 18.7. The van der Waals surface area contributed by atoms with Crippen LogP contribution in [0.3, 0.4) is 0 Å². The fourth-order valence-corrected chi connectivity index (χ4v) is 5.14. The average Bonchev–Trinajstić information content (AvgIpc) is 3.01. The molecule has 1 heterocycles. The zero-order valence-electron chi connectivity index (χ0n) is 16.8. The van der Waals surface area contributed by atoms with Gasteiger partial charge in [0.05, 0.1) is 11.4 Å². The highest BCUT2D eigenvalue weighted by Gasteiger charge is 2.35. The fraction of sp³-hybridized carbons (Fsp3) is 0.0435. The summed E-state index contributed by atoms with van der Waals surface area (Å²) >= 11 is 12.6. The van der Waals surface area contributed by atoms with E-state index in [4.69, 9.17) is 27.4 Å². The highest BCUT2D eigenvalue weighted by Crippen LogP contribution is 2.34. The number of carbonyl (C=O) groups excluding carboxylic acids is 2. The number of imide groups is 1. The summed E-state index contributed by atoms with van der Waals surface area (Å²) < 4.78 is 30.2. The molecule has 4 rings (SSSR count). The highest BCUT2D eigenvalue weighted by molar-refractivity contribution is 8.18. The molecule has 168 valence electrons. The molecule has 6 nitrogen and oxygen atoms in total. The van der Waals surface area contributed by atoms with Crippen LogP contribution in [0, 0.1) is 0 Å². The average molecular weight is 520 g/mol. The molecule has 1 aliphatic heterocycles. The minimum atomic E-state index is -4.07. The fourth-order valence-electron chi connectivity index (χ4n) is 3.04. The van der Waals surface area contributed by atoms with Gasteiger partial charge >= 0.3 is 10.1 Å². The second kappa shape index (κ2) is 9.61. The Morgan fingerprint density at radius 2 is 1.64 bits per heavy atom. The van der Waals surface area contributed by atoms with Crippen LogP contribution in [-0.4, -0.2) is 24.5 Å². The van der Waals surface area contributed by atoms with Crippen LogP contribution in [0.5, 0.6) is 5.75 Å². The Morgan fingerprint density at radius 3 is 2.36 bits per heavy atom. The van der Waals surface area contributed by atoms with E-state index in [0.29, 0.717) is 15.6 Å². The van der Waals surface area contributed by atoms with Crippen LogP contribution in [0.15, 0.2) is 82.6 Å². The van der Waals surface area contributed by atoms with E-state index in [1.807, 2.05) is 0 Å². The summed E-state index contributed by atoms with van der Waals surface area (Å²) in [6.07, 6.45) is 1.52. The lowest BCUT2D eigenvalue weighted by molar-refractivity contribution is -0.123. The van der Waals surface area contributed by atoms with Crippen molar-refractivity contribution in [2.45, 2.75) is 11.4 Å². The van der Waals surface area contributed by atoms with Gasteiger partial charge in [0.15, 0.2) is 0 Å². The smallest absolute Gasteiger partial charge is 0.339 e. The molecule has 0 aromatic heterocycles. The number of rotatable bonds is 6. The van der Waals surface area contributed by atoms with Crippen molar-refractivity contribution in [2.24, 2.45) is 0 Å². The molecule has 0 saturated carbocycles. The largest absolute Gasteiger partial charge is 0.379 e. The first-order chi connectivity index (χ1) is 15.7. The molecule has 3 aromatic rings. The van der Waals surface area contributed by atoms with Crippen molar-refractivity contribution in [3.05, 3.63) is 98.9 Å². The second-order valence-electron chi connectivity index (χ2n) is 6.96. The van der Waals surface area contributed by atoms with E-state index < -0.39 is 21.3 Å². The maximum absolute atomic E-state index is 12.8. The molecule has 0 atom stereocenters. The van der Waals surface area contributed by atoms with Crippen LogP contribution >= 0.6 is 35.0 Å². The number of thioether (sulfide) groups is 1. The van der Waals surface area contributed by atoms with E-state index >= 15 is 0 Å². The van der Waals surface area contributed by atoms with Crippen molar-refractivity contribution in [3.63, 3.8) is 0 Å². The Morgan fingerprint density at radius 1 is 0.909 bits per heavy atom. The zero-order valence-corrected chi connectivity index (χ0v) is 19.9. The van der Waals surface area contributed by atoms with Gasteiger partial charge in [-0.15, -0.1) is 0 Å². The van der Waals surface area contributed by atoms with Gasteiger partial charge in [-0.2, -0.15) is 8.42 Å². The Balaban J connectivity index is 1.52. The molecule has 0 aliphatic carbocycles. The molecule has 0 bridgehead atoms. The number of halogens is 2. The van der Waals surface area contributed by atoms with E-state index in [2.05, 4.69) is 0 Å². The third-order valence-corrected chi connectivity index (χ3v) is 7.22. The van der Waals surface area contributed by atoms with Crippen LogP contribution in [-0.2, 0) is 21.5 Å². The summed E-state index contributed by atoms with van der Waals surface area (Å²) in [5.41, 5.74) is 1.24. The lowest BCUT2D eigenvalue weighted by atomic mass is 10.2. The number of nitrogens with zero attached hydrogens (tertiary/aromatic N) is 1. The van der Waals surface area contributed by atoms with Crippen LogP contribution in [0.1, 0.15) is 11.1 Å². The first-order valence-corrected chi connectivity index (χ1v) is 12.5. The molecule has 0 spiro atoms. The summed E-state index contributed by atoms with van der Waals surface area (Å²) in [5, 5.41) is 0.518. The topological polar surface area (TPSA) is 80.8 Å². The van der Waals surface area contributed by atoms with Crippen molar-refractivity contribution < 1.29 is 22.2 Å². The molecule has 1 aliphatic rings. The first-order valence-electron chi connectivity index (χ1n) is 9.51. The monoisotopic (exact) mass is 519 g/mol. The second-order valence-corrected chi connectivity index (χ2v) is 10.4. The van der Waals surface area contributed by atoms with E-state index in [9.17, 15) is 18.0 Å². The van der Waals surface area contributed by atoms with Gasteiger partial charge in [0.25, 0.3) is 11.1 Å². The molecular formula is C23H15Cl2NO5S2. The van der Waals surface area contributed by atoms with Gasteiger partial charge in [0.2, 0.25) is 0 Å². The Hall–Kier alpha value is -2.78. The van der Waals surface area contributed by atoms with E-state index in [-0.39, 0.29) is 22.1 Å². The van der Waals surface area contributed by atoms with Gasteiger partial charge in [-0.3, -0.25) is 14.5 Å². The lowest BCUT2D eigenvalue weighted by Gasteiger charge is -2.12. The van der Waals surface area contributed by atoms with Gasteiger partial charge in [-0.05, 0) is 77.5 Å². The predicted molar refractivity (Wildman–Crippen MR) is 129 cm³/mol. The summed E-state index contributed by atoms with van der Waals surface area (Å²) in [5.74, 6) is -0.373. The maximum Gasteiger partial charge on any atom is 0.339 e. The third-order valence-electron chi connectivity index (χ3n) is 4.57. The van der Waals surface area contributed by atoms with Gasteiger partial charge in [0.1, 0.15) is 10.6 Å². The van der Waals surface area contributed by atoms with Crippen molar-refractivity contribution in [2.75, 3.05) is 0 Å². The van der Waals surface area contributed by atoms with Crippen molar-refractivity contribution in [3.8, 4) is 5.75 Å². The lowest BCUT2D eigenvalue weighted by Crippen LogP contribution is -2.27. The van der Waals surface area contributed by atoms with E-state index in [0.717, 1.165) is 22.2 Å². The van der Waals surface area contributed by atoms with Gasteiger partial charge in [0, 0.05) is 10.0 Å². The minimum absolute atomic E-state index is 0.0422. The molecule has 33 heavy (non-hydrogen) atoms. The van der Waals surface area contributed by atoms with Crippen LogP contribution in [0.25, 0.3) is 6.08 Å². The molecule has 2 amide bonds. The number of hydrogen-bond acceptors (Lipinski definition) is 6. The SMILES string of the molecule is O=C1S/C(=C\c2cccc(OS(=O)(=O)c3ccc(Cl)cc3)c2)C(=O)N1Cc1cccc(Cl)c1. The molecule has 10 heteroatoms. The standard InChI is InChI=1S/C23H15Cl2NO5S2/c24-17-7-9-20(10-8-17)33(29,30)31-19-6-2-3-15(12-19)13-21-22(27)26(23(28)32-21)14-16-4-1-5-18(25)11-16/h1-13H,14H2/b21-13-. The van der Waals surface area contributed by atoms with Crippen molar-refractivity contribution in [1.82, 2.24) is 4.90 Å². The molecular weight excluding hydrogens is 505 g/mol.